The van der Waals surface area contributed by atoms with Crippen LogP contribution in [0.2, 0.25) is 0 Å². The van der Waals surface area contributed by atoms with Crippen LogP contribution in [0.25, 0.3) is 0 Å². The zero-order chi connectivity index (χ0) is 14.1. The van der Waals surface area contributed by atoms with Gasteiger partial charge in [-0.1, -0.05) is 6.42 Å². The second-order valence-corrected chi connectivity index (χ2v) is 6.19. The van der Waals surface area contributed by atoms with Crippen LogP contribution >= 0.6 is 11.3 Å². The predicted molar refractivity (Wildman–Crippen MR) is 77.8 cm³/mol. The van der Waals surface area contributed by atoms with Gasteiger partial charge in [-0.05, 0) is 36.8 Å². The van der Waals surface area contributed by atoms with E-state index in [0.717, 1.165) is 22.1 Å². The fraction of sp³-hybridized carbons (Fsp3) is 0.500. The van der Waals surface area contributed by atoms with E-state index in [1.807, 2.05) is 30.0 Å². The van der Waals surface area contributed by atoms with Crippen molar-refractivity contribution in [2.24, 2.45) is 7.05 Å². The van der Waals surface area contributed by atoms with Crippen molar-refractivity contribution >= 4 is 17.2 Å². The minimum absolute atomic E-state index is 0.0364. The normalized spacial score (nSPS) is 15.1. The lowest BCUT2D eigenvalue weighted by Crippen LogP contribution is -2.24. The molecule has 2 heterocycles. The standard InChI is InChI=1S/C14H18N4OS/c1-9-6-7-20-12(9)14(19)15-8-11-16-17-13(18(11)2)10-4-3-5-10/h6-7,10H,3-5,8H2,1-2H3,(H,15,19). The van der Waals surface area contributed by atoms with Crippen molar-refractivity contribution in [3.8, 4) is 0 Å². The summed E-state index contributed by atoms with van der Waals surface area (Å²) in [5.74, 6) is 2.38. The Kier molecular flexibility index (Phi) is 3.56. The number of thiophene rings is 1. The monoisotopic (exact) mass is 290 g/mol. The molecule has 0 spiro atoms. The molecule has 106 valence electrons. The molecular weight excluding hydrogens is 272 g/mol. The molecule has 1 aliphatic rings. The summed E-state index contributed by atoms with van der Waals surface area (Å²) in [6.45, 7) is 2.37. The maximum absolute atomic E-state index is 12.1. The summed E-state index contributed by atoms with van der Waals surface area (Å²) in [7, 11) is 1.98. The second-order valence-electron chi connectivity index (χ2n) is 5.28. The summed E-state index contributed by atoms with van der Waals surface area (Å²) in [5, 5.41) is 13.3. The summed E-state index contributed by atoms with van der Waals surface area (Å²) >= 11 is 1.46. The van der Waals surface area contributed by atoms with Crippen LogP contribution in [0.4, 0.5) is 0 Å². The molecule has 2 aromatic rings. The van der Waals surface area contributed by atoms with E-state index in [1.54, 1.807) is 0 Å². The highest BCUT2D eigenvalue weighted by Gasteiger charge is 2.25. The van der Waals surface area contributed by atoms with Crippen LogP contribution in [0, 0.1) is 6.92 Å². The van der Waals surface area contributed by atoms with Crippen LogP contribution in [0.5, 0.6) is 0 Å². The average Bonchev–Trinajstić information content (AvgIpc) is 2.93. The number of carbonyl (C=O) groups excluding carboxylic acids is 1. The second kappa shape index (κ2) is 5.36. The first kappa shape index (κ1) is 13.3. The van der Waals surface area contributed by atoms with Gasteiger partial charge in [0.15, 0.2) is 5.82 Å². The molecule has 20 heavy (non-hydrogen) atoms. The molecule has 1 saturated carbocycles. The summed E-state index contributed by atoms with van der Waals surface area (Å²) in [5.41, 5.74) is 1.01. The number of rotatable bonds is 4. The maximum atomic E-state index is 12.1. The van der Waals surface area contributed by atoms with E-state index in [-0.39, 0.29) is 5.91 Å². The van der Waals surface area contributed by atoms with Crippen molar-refractivity contribution in [1.82, 2.24) is 20.1 Å². The summed E-state index contributed by atoms with van der Waals surface area (Å²) in [6.07, 6.45) is 3.68. The topological polar surface area (TPSA) is 59.8 Å². The molecule has 1 fully saturated rings. The van der Waals surface area contributed by atoms with Crippen molar-refractivity contribution in [2.45, 2.75) is 38.6 Å². The Balaban J connectivity index is 1.65. The molecule has 5 nitrogen and oxygen atoms in total. The van der Waals surface area contributed by atoms with E-state index in [0.29, 0.717) is 12.5 Å². The van der Waals surface area contributed by atoms with Crippen LogP contribution in [0.3, 0.4) is 0 Å². The van der Waals surface area contributed by atoms with Crippen LogP contribution < -0.4 is 5.32 Å². The summed E-state index contributed by atoms with van der Waals surface area (Å²) < 4.78 is 2.02. The SMILES string of the molecule is Cc1ccsc1C(=O)NCc1nnc(C2CCC2)n1C. The smallest absolute Gasteiger partial charge is 0.261 e. The molecule has 0 radical (unpaired) electrons. The van der Waals surface area contributed by atoms with Gasteiger partial charge in [-0.15, -0.1) is 21.5 Å². The molecule has 0 unspecified atom stereocenters. The lowest BCUT2D eigenvalue weighted by molar-refractivity contribution is 0.0953. The third-order valence-electron chi connectivity index (χ3n) is 3.94. The van der Waals surface area contributed by atoms with Gasteiger partial charge in [0.1, 0.15) is 5.82 Å². The fourth-order valence-electron chi connectivity index (χ4n) is 2.40. The Morgan fingerprint density at radius 3 is 2.90 bits per heavy atom. The zero-order valence-electron chi connectivity index (χ0n) is 11.7. The number of nitrogens with one attached hydrogen (secondary N) is 1. The maximum Gasteiger partial charge on any atom is 0.261 e. The number of hydrogen-bond donors (Lipinski definition) is 1. The van der Waals surface area contributed by atoms with Gasteiger partial charge in [0, 0.05) is 13.0 Å². The van der Waals surface area contributed by atoms with Gasteiger partial charge >= 0.3 is 0 Å². The highest BCUT2D eigenvalue weighted by atomic mass is 32.1. The molecule has 1 aliphatic carbocycles. The molecule has 0 saturated heterocycles. The van der Waals surface area contributed by atoms with Gasteiger partial charge in [-0.2, -0.15) is 0 Å². The summed E-state index contributed by atoms with van der Waals surface area (Å²) in [4.78, 5) is 12.8. The van der Waals surface area contributed by atoms with Crippen molar-refractivity contribution in [3.63, 3.8) is 0 Å². The first-order valence-corrected chi connectivity index (χ1v) is 7.75. The highest BCUT2D eigenvalue weighted by molar-refractivity contribution is 7.12. The molecule has 1 N–H and O–H groups in total. The van der Waals surface area contributed by atoms with E-state index in [9.17, 15) is 4.79 Å². The molecule has 3 rings (SSSR count). The first-order chi connectivity index (χ1) is 9.66. The van der Waals surface area contributed by atoms with E-state index in [4.69, 9.17) is 0 Å². The van der Waals surface area contributed by atoms with Gasteiger partial charge in [-0.25, -0.2) is 0 Å². The van der Waals surface area contributed by atoms with Crippen LogP contribution in [-0.2, 0) is 13.6 Å². The lowest BCUT2D eigenvalue weighted by Gasteiger charge is -2.24. The van der Waals surface area contributed by atoms with Crippen LogP contribution in [0.15, 0.2) is 11.4 Å². The third-order valence-corrected chi connectivity index (χ3v) is 4.96. The van der Waals surface area contributed by atoms with E-state index < -0.39 is 0 Å². The number of hydrogen-bond acceptors (Lipinski definition) is 4. The molecular formula is C14H18N4OS. The van der Waals surface area contributed by atoms with E-state index >= 15 is 0 Å². The first-order valence-electron chi connectivity index (χ1n) is 6.87. The van der Waals surface area contributed by atoms with Crippen molar-refractivity contribution < 1.29 is 4.79 Å². The Morgan fingerprint density at radius 1 is 1.50 bits per heavy atom. The number of amides is 1. The van der Waals surface area contributed by atoms with Crippen LogP contribution in [-0.4, -0.2) is 20.7 Å². The number of carbonyl (C=O) groups is 1. The van der Waals surface area contributed by atoms with E-state index in [2.05, 4.69) is 15.5 Å². The van der Waals surface area contributed by atoms with Gasteiger partial charge in [0.2, 0.25) is 0 Å². The number of nitrogens with zero attached hydrogens (tertiary/aromatic N) is 3. The largest absolute Gasteiger partial charge is 0.344 e. The molecule has 2 aromatic heterocycles. The predicted octanol–water partition coefficient (Wildman–Crippen LogP) is 2.38. The Labute approximate surface area is 122 Å². The molecule has 0 bridgehead atoms. The minimum atomic E-state index is -0.0364. The van der Waals surface area contributed by atoms with Crippen molar-refractivity contribution in [1.29, 1.82) is 0 Å². The molecule has 0 aromatic carbocycles. The Bertz CT molecular complexity index is 627. The number of aryl methyl sites for hydroxylation is 1. The quantitative estimate of drug-likeness (QED) is 0.940. The van der Waals surface area contributed by atoms with Gasteiger partial charge < -0.3 is 9.88 Å². The van der Waals surface area contributed by atoms with Crippen LogP contribution in [0.1, 0.15) is 52.1 Å². The van der Waals surface area contributed by atoms with Crippen molar-refractivity contribution in [3.05, 3.63) is 33.5 Å². The third kappa shape index (κ3) is 2.35. The fourth-order valence-corrected chi connectivity index (χ4v) is 3.24. The van der Waals surface area contributed by atoms with Gasteiger partial charge in [0.05, 0.1) is 11.4 Å². The zero-order valence-corrected chi connectivity index (χ0v) is 12.5. The summed E-state index contributed by atoms with van der Waals surface area (Å²) in [6, 6.07) is 1.95. The Hall–Kier alpha value is -1.69. The van der Waals surface area contributed by atoms with E-state index in [1.165, 1.54) is 30.6 Å². The average molecular weight is 290 g/mol. The van der Waals surface area contributed by atoms with Gasteiger partial charge in [0.25, 0.3) is 5.91 Å². The van der Waals surface area contributed by atoms with Crippen molar-refractivity contribution in [2.75, 3.05) is 0 Å². The molecule has 1 amide bonds. The van der Waals surface area contributed by atoms with Gasteiger partial charge in [-0.3, -0.25) is 4.79 Å². The Morgan fingerprint density at radius 2 is 2.30 bits per heavy atom. The molecule has 6 heteroatoms. The minimum Gasteiger partial charge on any atom is -0.344 e. The highest BCUT2D eigenvalue weighted by Crippen LogP contribution is 2.35. The molecule has 0 aliphatic heterocycles. The lowest BCUT2D eigenvalue weighted by atomic mass is 9.85. The number of aromatic nitrogens is 3. The molecule has 0 atom stereocenters.